The zero-order chi connectivity index (χ0) is 14.4. The number of hydrogen-bond donors (Lipinski definition) is 1. The lowest BCUT2D eigenvalue weighted by molar-refractivity contribution is -0.128. The first-order chi connectivity index (χ1) is 8.91. The lowest BCUT2D eigenvalue weighted by atomic mass is 10.1. The van der Waals surface area contributed by atoms with Crippen molar-refractivity contribution < 1.29 is 19.0 Å². The smallest absolute Gasteiger partial charge is 0.222 e. The number of carbonyl (C=O) groups is 1. The lowest BCUT2D eigenvalue weighted by Gasteiger charge is -2.14. The van der Waals surface area contributed by atoms with Crippen LogP contribution < -0.4 is 4.74 Å². The van der Waals surface area contributed by atoms with Gasteiger partial charge in [0, 0.05) is 26.1 Å². The molecule has 0 saturated carbocycles. The molecular weight excluding hydrogens is 249 g/mol. The molecule has 0 aliphatic rings. The molecule has 1 unspecified atom stereocenters. The number of rotatable bonds is 6. The second kappa shape index (κ2) is 7.09. The van der Waals surface area contributed by atoms with Gasteiger partial charge in [-0.05, 0) is 31.5 Å². The van der Waals surface area contributed by atoms with Gasteiger partial charge in [-0.2, -0.15) is 0 Å². The van der Waals surface area contributed by atoms with E-state index in [0.29, 0.717) is 30.8 Å². The van der Waals surface area contributed by atoms with E-state index in [1.54, 1.807) is 21.0 Å². The maximum Gasteiger partial charge on any atom is 0.222 e. The highest BCUT2D eigenvalue weighted by Crippen LogP contribution is 2.26. The third kappa shape index (κ3) is 4.87. The summed E-state index contributed by atoms with van der Waals surface area (Å²) in [7, 11) is 3.41. The van der Waals surface area contributed by atoms with Gasteiger partial charge in [0.05, 0.1) is 12.7 Å². The van der Waals surface area contributed by atoms with Crippen LogP contribution in [0.5, 0.6) is 5.75 Å². The van der Waals surface area contributed by atoms with Gasteiger partial charge in [0.1, 0.15) is 11.6 Å². The summed E-state index contributed by atoms with van der Waals surface area (Å²) < 4.78 is 18.6. The van der Waals surface area contributed by atoms with Crippen LogP contribution in [0.25, 0.3) is 0 Å². The van der Waals surface area contributed by atoms with Crippen LogP contribution in [0, 0.1) is 5.82 Å². The minimum absolute atomic E-state index is 0.0402. The Kier molecular flexibility index (Phi) is 5.76. The molecule has 1 atom stereocenters. The number of halogens is 1. The van der Waals surface area contributed by atoms with Crippen molar-refractivity contribution >= 4 is 5.91 Å². The number of ether oxygens (including phenoxy) is 1. The van der Waals surface area contributed by atoms with Crippen molar-refractivity contribution in [3.63, 3.8) is 0 Å². The van der Waals surface area contributed by atoms with Crippen molar-refractivity contribution in [2.24, 2.45) is 0 Å². The predicted molar refractivity (Wildman–Crippen MR) is 70.5 cm³/mol. The molecule has 0 aliphatic carbocycles. The van der Waals surface area contributed by atoms with E-state index in [2.05, 4.69) is 0 Å². The monoisotopic (exact) mass is 269 g/mol. The summed E-state index contributed by atoms with van der Waals surface area (Å²) in [4.78, 5) is 12.9. The minimum atomic E-state index is -0.797. The third-order valence-corrected chi connectivity index (χ3v) is 2.71. The number of aliphatic hydroxyl groups excluding tert-OH is 1. The number of hydrogen-bond acceptors (Lipinski definition) is 3. The van der Waals surface area contributed by atoms with Crippen molar-refractivity contribution in [2.45, 2.75) is 25.9 Å². The zero-order valence-electron chi connectivity index (χ0n) is 11.5. The Morgan fingerprint density at radius 3 is 2.74 bits per heavy atom. The van der Waals surface area contributed by atoms with Gasteiger partial charge in [0.2, 0.25) is 5.91 Å². The first-order valence-electron chi connectivity index (χ1n) is 6.22. The van der Waals surface area contributed by atoms with E-state index in [-0.39, 0.29) is 5.91 Å². The molecular formula is C14H20FNO3. The van der Waals surface area contributed by atoms with E-state index in [1.807, 2.05) is 0 Å². The van der Waals surface area contributed by atoms with Crippen LogP contribution in [0.4, 0.5) is 4.39 Å². The second-order valence-corrected chi connectivity index (χ2v) is 4.60. The van der Waals surface area contributed by atoms with Gasteiger partial charge < -0.3 is 14.7 Å². The number of nitrogens with zero attached hydrogens (tertiary/aromatic N) is 1. The van der Waals surface area contributed by atoms with Crippen molar-refractivity contribution in [1.29, 1.82) is 0 Å². The van der Waals surface area contributed by atoms with Crippen LogP contribution >= 0.6 is 0 Å². The quantitative estimate of drug-likeness (QED) is 0.805. The van der Waals surface area contributed by atoms with Crippen LogP contribution in [0.15, 0.2) is 18.2 Å². The molecule has 1 N–H and O–H groups in total. The molecule has 0 fully saturated rings. The molecule has 0 heterocycles. The maximum absolute atomic E-state index is 13.1. The maximum atomic E-state index is 13.1. The minimum Gasteiger partial charge on any atom is -0.493 e. The number of aliphatic hydroxyl groups is 1. The molecule has 0 aromatic heterocycles. The van der Waals surface area contributed by atoms with Crippen molar-refractivity contribution in [1.82, 2.24) is 4.90 Å². The Morgan fingerprint density at radius 2 is 2.16 bits per heavy atom. The van der Waals surface area contributed by atoms with Gasteiger partial charge >= 0.3 is 0 Å². The molecule has 1 aromatic carbocycles. The van der Waals surface area contributed by atoms with Gasteiger partial charge in [-0.15, -0.1) is 0 Å². The normalized spacial score (nSPS) is 12.1. The lowest BCUT2D eigenvalue weighted by Crippen LogP contribution is -2.21. The molecule has 5 heteroatoms. The highest BCUT2D eigenvalue weighted by molar-refractivity contribution is 5.75. The summed E-state index contributed by atoms with van der Waals surface area (Å²) in [6.45, 7) is 1.90. The molecule has 1 aromatic rings. The Morgan fingerprint density at radius 1 is 1.47 bits per heavy atom. The van der Waals surface area contributed by atoms with Crippen molar-refractivity contribution in [3.05, 3.63) is 29.6 Å². The van der Waals surface area contributed by atoms with Gasteiger partial charge in [0.15, 0.2) is 0 Å². The van der Waals surface area contributed by atoms with Crippen LogP contribution in [-0.2, 0) is 4.79 Å². The fourth-order valence-corrected chi connectivity index (χ4v) is 1.61. The molecule has 0 aliphatic heterocycles. The summed E-state index contributed by atoms with van der Waals surface area (Å²) in [6.07, 6.45) is 0.181. The molecule has 0 radical (unpaired) electrons. The van der Waals surface area contributed by atoms with Crippen molar-refractivity contribution in [3.8, 4) is 5.75 Å². The summed E-state index contributed by atoms with van der Waals surface area (Å²) >= 11 is 0. The third-order valence-electron chi connectivity index (χ3n) is 2.71. The van der Waals surface area contributed by atoms with Crippen LogP contribution in [0.1, 0.15) is 31.4 Å². The Labute approximate surface area is 112 Å². The molecule has 4 nitrogen and oxygen atoms in total. The highest BCUT2D eigenvalue weighted by atomic mass is 19.1. The summed E-state index contributed by atoms with van der Waals surface area (Å²) in [6, 6.07) is 4.03. The summed E-state index contributed by atoms with van der Waals surface area (Å²) in [5, 5.41) is 9.54. The van der Waals surface area contributed by atoms with Crippen molar-refractivity contribution in [2.75, 3.05) is 20.7 Å². The van der Waals surface area contributed by atoms with Gasteiger partial charge in [-0.3, -0.25) is 4.79 Å². The highest BCUT2D eigenvalue weighted by Gasteiger charge is 2.11. The van der Waals surface area contributed by atoms with E-state index >= 15 is 0 Å². The number of amides is 1. The number of carbonyl (C=O) groups excluding carboxylic acids is 1. The molecule has 0 spiro atoms. The van der Waals surface area contributed by atoms with E-state index < -0.39 is 11.9 Å². The van der Waals surface area contributed by atoms with E-state index in [4.69, 9.17) is 4.74 Å². The first-order valence-corrected chi connectivity index (χ1v) is 6.22. The Balaban J connectivity index is 2.52. The van der Waals surface area contributed by atoms with Gasteiger partial charge in [-0.25, -0.2) is 4.39 Å². The standard InChI is InChI=1S/C14H20FNO3/c1-10(17)12-9-11(15)6-7-13(12)19-8-4-5-14(18)16(2)3/h6-7,9-10,17H,4-5,8H2,1-3H3. The molecule has 1 rings (SSSR count). The molecule has 19 heavy (non-hydrogen) atoms. The SMILES string of the molecule is CC(O)c1cc(F)ccc1OCCCC(=O)N(C)C. The predicted octanol–water partition coefficient (Wildman–Crippen LogP) is 2.13. The van der Waals surface area contributed by atoms with E-state index in [9.17, 15) is 14.3 Å². The largest absolute Gasteiger partial charge is 0.493 e. The molecule has 0 saturated heterocycles. The van der Waals surface area contributed by atoms with E-state index in [1.165, 1.54) is 23.1 Å². The summed E-state index contributed by atoms with van der Waals surface area (Å²) in [5.74, 6) is 0.0817. The van der Waals surface area contributed by atoms with Gasteiger partial charge in [0.25, 0.3) is 0 Å². The molecule has 106 valence electrons. The average molecular weight is 269 g/mol. The van der Waals surface area contributed by atoms with Gasteiger partial charge in [-0.1, -0.05) is 0 Å². The summed E-state index contributed by atoms with van der Waals surface area (Å²) in [5.41, 5.74) is 0.416. The fraction of sp³-hybridized carbons (Fsp3) is 0.500. The Bertz CT molecular complexity index is 433. The first kappa shape index (κ1) is 15.4. The molecule has 1 amide bonds. The van der Waals surface area contributed by atoms with Crippen LogP contribution in [0.3, 0.4) is 0 Å². The van der Waals surface area contributed by atoms with Crippen LogP contribution in [0.2, 0.25) is 0 Å². The fourth-order valence-electron chi connectivity index (χ4n) is 1.61. The average Bonchev–Trinajstić information content (AvgIpc) is 2.35. The second-order valence-electron chi connectivity index (χ2n) is 4.60. The molecule has 0 bridgehead atoms. The topological polar surface area (TPSA) is 49.8 Å². The Hall–Kier alpha value is -1.62. The number of benzene rings is 1. The van der Waals surface area contributed by atoms with E-state index in [0.717, 1.165) is 0 Å². The van der Waals surface area contributed by atoms with Crippen LogP contribution in [-0.4, -0.2) is 36.6 Å². The zero-order valence-corrected chi connectivity index (χ0v) is 11.5.